The molecule has 21 heavy (non-hydrogen) atoms. The summed E-state index contributed by atoms with van der Waals surface area (Å²) in [6.45, 7) is 0. The van der Waals surface area contributed by atoms with E-state index in [4.69, 9.17) is 23.2 Å². The number of rotatable bonds is 3. The molecule has 0 aliphatic rings. The molecule has 0 saturated carbocycles. The first-order valence-electron chi connectivity index (χ1n) is 5.59. The van der Waals surface area contributed by atoms with Gasteiger partial charge < -0.3 is 5.32 Å². The van der Waals surface area contributed by atoms with Gasteiger partial charge in [0, 0.05) is 11.6 Å². The van der Waals surface area contributed by atoms with Crippen molar-refractivity contribution in [3.8, 4) is 0 Å². The van der Waals surface area contributed by atoms with Gasteiger partial charge in [0.05, 0.1) is 15.6 Å². The summed E-state index contributed by atoms with van der Waals surface area (Å²) in [6, 6.07) is 7.07. The van der Waals surface area contributed by atoms with Crippen LogP contribution in [-0.4, -0.2) is 10.8 Å². The standard InChI is InChI=1S/C13H7Cl2FN2O3/c14-9-6-8(16)2-3-11(9)17-13(19)7-1-4-12(18(20)21)10(15)5-7/h1-6H,(H,17,19). The molecule has 5 nitrogen and oxygen atoms in total. The minimum atomic E-state index is -0.652. The molecule has 0 aliphatic carbocycles. The summed E-state index contributed by atoms with van der Waals surface area (Å²) in [5, 5.41) is 13.0. The Balaban J connectivity index is 2.24. The number of nitrogens with one attached hydrogen (secondary N) is 1. The average molecular weight is 329 g/mol. The second-order valence-corrected chi connectivity index (χ2v) is 4.82. The van der Waals surface area contributed by atoms with Crippen molar-refractivity contribution in [1.29, 1.82) is 0 Å². The lowest BCUT2D eigenvalue weighted by Crippen LogP contribution is -2.12. The molecule has 0 fully saturated rings. The van der Waals surface area contributed by atoms with Crippen LogP contribution in [0.25, 0.3) is 0 Å². The van der Waals surface area contributed by atoms with Crippen molar-refractivity contribution in [2.24, 2.45) is 0 Å². The molecule has 0 saturated heterocycles. The van der Waals surface area contributed by atoms with Gasteiger partial charge in [0.25, 0.3) is 11.6 Å². The number of nitro groups is 1. The molecule has 108 valence electrons. The molecule has 0 unspecified atom stereocenters. The summed E-state index contributed by atoms with van der Waals surface area (Å²) in [5.41, 5.74) is 0.0385. The minimum absolute atomic E-state index is 0.0383. The number of anilines is 1. The molecule has 2 aromatic carbocycles. The van der Waals surface area contributed by atoms with Crippen LogP contribution in [0.1, 0.15) is 10.4 Å². The highest BCUT2D eigenvalue weighted by Crippen LogP contribution is 2.27. The van der Waals surface area contributed by atoms with Gasteiger partial charge in [0.1, 0.15) is 10.8 Å². The van der Waals surface area contributed by atoms with E-state index in [0.717, 1.165) is 18.2 Å². The van der Waals surface area contributed by atoms with Gasteiger partial charge in [-0.25, -0.2) is 4.39 Å². The molecule has 0 aromatic heterocycles. The fourth-order valence-corrected chi connectivity index (χ4v) is 2.05. The number of nitro benzene ring substituents is 1. The second kappa shape index (κ2) is 6.07. The Bertz CT molecular complexity index is 737. The Morgan fingerprint density at radius 3 is 2.43 bits per heavy atom. The van der Waals surface area contributed by atoms with Gasteiger partial charge in [0.2, 0.25) is 0 Å². The average Bonchev–Trinajstić information content (AvgIpc) is 2.41. The Kier molecular flexibility index (Phi) is 4.40. The summed E-state index contributed by atoms with van der Waals surface area (Å²) in [5.74, 6) is -1.10. The number of carbonyl (C=O) groups is 1. The van der Waals surface area contributed by atoms with Crippen LogP contribution in [0.4, 0.5) is 15.8 Å². The van der Waals surface area contributed by atoms with E-state index in [1.165, 1.54) is 18.2 Å². The first-order valence-corrected chi connectivity index (χ1v) is 6.34. The van der Waals surface area contributed by atoms with Crippen molar-refractivity contribution in [2.45, 2.75) is 0 Å². The van der Waals surface area contributed by atoms with Crippen LogP contribution in [0.5, 0.6) is 0 Å². The molecule has 1 N–H and O–H groups in total. The molecule has 0 atom stereocenters. The summed E-state index contributed by atoms with van der Waals surface area (Å²) in [4.78, 5) is 22.0. The number of hydrogen-bond acceptors (Lipinski definition) is 3. The monoisotopic (exact) mass is 328 g/mol. The number of amides is 1. The molecule has 2 rings (SSSR count). The van der Waals surface area contributed by atoms with Crippen molar-refractivity contribution < 1.29 is 14.1 Å². The van der Waals surface area contributed by atoms with Crippen LogP contribution >= 0.6 is 23.2 Å². The van der Waals surface area contributed by atoms with E-state index in [0.29, 0.717) is 0 Å². The van der Waals surface area contributed by atoms with E-state index in [2.05, 4.69) is 5.32 Å². The lowest BCUT2D eigenvalue weighted by Gasteiger charge is -2.07. The highest BCUT2D eigenvalue weighted by molar-refractivity contribution is 6.34. The first kappa shape index (κ1) is 15.2. The molecule has 0 bridgehead atoms. The molecule has 0 spiro atoms. The maximum Gasteiger partial charge on any atom is 0.287 e. The molecule has 1 amide bonds. The zero-order valence-corrected chi connectivity index (χ0v) is 11.8. The van der Waals surface area contributed by atoms with E-state index in [1.807, 2.05) is 0 Å². The van der Waals surface area contributed by atoms with E-state index in [1.54, 1.807) is 0 Å². The molecule has 2 aromatic rings. The van der Waals surface area contributed by atoms with Crippen molar-refractivity contribution in [3.05, 3.63) is 67.9 Å². The third-order valence-corrected chi connectivity index (χ3v) is 3.20. The predicted molar refractivity (Wildman–Crippen MR) is 77.5 cm³/mol. The Hall–Kier alpha value is -2.18. The zero-order valence-electron chi connectivity index (χ0n) is 10.3. The number of benzene rings is 2. The van der Waals surface area contributed by atoms with Gasteiger partial charge in [-0.3, -0.25) is 14.9 Å². The maximum atomic E-state index is 12.9. The van der Waals surface area contributed by atoms with Gasteiger partial charge in [0.15, 0.2) is 0 Å². The molecule has 0 heterocycles. The van der Waals surface area contributed by atoms with E-state index >= 15 is 0 Å². The van der Waals surface area contributed by atoms with Crippen molar-refractivity contribution >= 4 is 40.5 Å². The molecular formula is C13H7Cl2FN2O3. The summed E-state index contributed by atoms with van der Waals surface area (Å²) < 4.78 is 12.9. The highest BCUT2D eigenvalue weighted by atomic mass is 35.5. The quantitative estimate of drug-likeness (QED) is 0.674. The topological polar surface area (TPSA) is 72.2 Å². The molecule has 0 aliphatic heterocycles. The predicted octanol–water partition coefficient (Wildman–Crippen LogP) is 4.29. The summed E-state index contributed by atoms with van der Waals surface area (Å²) in [6.07, 6.45) is 0. The second-order valence-electron chi connectivity index (χ2n) is 4.00. The smallest absolute Gasteiger partial charge is 0.287 e. The Morgan fingerprint density at radius 1 is 1.14 bits per heavy atom. The summed E-state index contributed by atoms with van der Waals surface area (Å²) in [7, 11) is 0. The van der Waals surface area contributed by atoms with Gasteiger partial charge in [-0.15, -0.1) is 0 Å². The van der Waals surface area contributed by atoms with Crippen LogP contribution in [0.15, 0.2) is 36.4 Å². The summed E-state index contributed by atoms with van der Waals surface area (Å²) >= 11 is 11.5. The zero-order chi connectivity index (χ0) is 15.6. The number of halogens is 3. The van der Waals surface area contributed by atoms with Crippen LogP contribution < -0.4 is 5.32 Å². The maximum absolute atomic E-state index is 12.9. The van der Waals surface area contributed by atoms with Crippen LogP contribution in [0, 0.1) is 15.9 Å². The minimum Gasteiger partial charge on any atom is -0.321 e. The van der Waals surface area contributed by atoms with Crippen LogP contribution in [-0.2, 0) is 0 Å². The number of nitrogens with zero attached hydrogens (tertiary/aromatic N) is 1. The number of hydrogen-bond donors (Lipinski definition) is 1. The number of carbonyl (C=O) groups excluding carboxylic acids is 1. The van der Waals surface area contributed by atoms with Crippen molar-refractivity contribution in [3.63, 3.8) is 0 Å². The third-order valence-electron chi connectivity index (χ3n) is 2.59. The van der Waals surface area contributed by atoms with Crippen molar-refractivity contribution in [2.75, 3.05) is 5.32 Å². The Labute approximate surface area is 128 Å². The molecule has 8 heteroatoms. The molecule has 0 radical (unpaired) electrons. The van der Waals surface area contributed by atoms with Gasteiger partial charge in [-0.1, -0.05) is 23.2 Å². The highest BCUT2D eigenvalue weighted by Gasteiger charge is 2.16. The fraction of sp³-hybridized carbons (Fsp3) is 0. The van der Waals surface area contributed by atoms with Gasteiger partial charge in [-0.2, -0.15) is 0 Å². The lowest BCUT2D eigenvalue weighted by molar-refractivity contribution is -0.384. The van der Waals surface area contributed by atoms with E-state index < -0.39 is 16.6 Å². The molecular weight excluding hydrogens is 322 g/mol. The van der Waals surface area contributed by atoms with Crippen LogP contribution in [0.3, 0.4) is 0 Å². The van der Waals surface area contributed by atoms with Gasteiger partial charge >= 0.3 is 0 Å². The van der Waals surface area contributed by atoms with Crippen molar-refractivity contribution in [1.82, 2.24) is 0 Å². The van der Waals surface area contributed by atoms with E-state index in [9.17, 15) is 19.3 Å². The Morgan fingerprint density at radius 2 is 1.86 bits per heavy atom. The van der Waals surface area contributed by atoms with Gasteiger partial charge in [-0.05, 0) is 30.3 Å². The first-order chi connectivity index (χ1) is 9.88. The normalized spacial score (nSPS) is 10.2. The SMILES string of the molecule is O=C(Nc1ccc(F)cc1Cl)c1ccc([N+](=O)[O-])c(Cl)c1. The lowest BCUT2D eigenvalue weighted by atomic mass is 10.2. The third kappa shape index (κ3) is 3.48. The largest absolute Gasteiger partial charge is 0.321 e. The van der Waals surface area contributed by atoms with E-state index in [-0.39, 0.29) is 27.0 Å². The fourth-order valence-electron chi connectivity index (χ4n) is 1.58. The van der Waals surface area contributed by atoms with Crippen LogP contribution in [0.2, 0.25) is 10.0 Å².